The van der Waals surface area contributed by atoms with Crippen LogP contribution in [-0.4, -0.2) is 43.8 Å². The zero-order valence-electron chi connectivity index (χ0n) is 9.42. The highest BCUT2D eigenvalue weighted by Gasteiger charge is 2.12. The van der Waals surface area contributed by atoms with E-state index < -0.39 is 0 Å². The fourth-order valence-electron chi connectivity index (χ4n) is 1.33. The quantitative estimate of drug-likeness (QED) is 0.650. The Morgan fingerprint density at radius 3 is 2.38 bits per heavy atom. The summed E-state index contributed by atoms with van der Waals surface area (Å²) in [6, 6.07) is 0.840. The molecule has 3 heteroatoms. The van der Waals surface area contributed by atoms with E-state index in [1.54, 1.807) is 7.11 Å². The van der Waals surface area contributed by atoms with Crippen LogP contribution < -0.4 is 5.73 Å². The molecule has 0 aliphatic carbocycles. The van der Waals surface area contributed by atoms with Gasteiger partial charge in [-0.15, -0.1) is 0 Å². The molecule has 0 aromatic carbocycles. The fraction of sp³-hybridized carbons (Fsp3) is 1.00. The number of hydrogen-bond acceptors (Lipinski definition) is 3. The third-order valence-electron chi connectivity index (χ3n) is 2.32. The van der Waals surface area contributed by atoms with E-state index in [0.717, 1.165) is 26.1 Å². The van der Waals surface area contributed by atoms with Crippen LogP contribution in [0.15, 0.2) is 0 Å². The summed E-state index contributed by atoms with van der Waals surface area (Å²) in [6.07, 6.45) is 1.16. The van der Waals surface area contributed by atoms with Crippen LogP contribution in [-0.2, 0) is 4.74 Å². The van der Waals surface area contributed by atoms with Gasteiger partial charge in [-0.2, -0.15) is 0 Å². The van der Waals surface area contributed by atoms with Crippen molar-refractivity contribution in [1.29, 1.82) is 0 Å². The molecule has 80 valence electrons. The maximum Gasteiger partial charge on any atom is 0.0589 e. The van der Waals surface area contributed by atoms with Crippen molar-refractivity contribution in [1.82, 2.24) is 4.90 Å². The second-order valence-corrected chi connectivity index (χ2v) is 3.72. The van der Waals surface area contributed by atoms with E-state index >= 15 is 0 Å². The van der Waals surface area contributed by atoms with E-state index in [1.165, 1.54) is 0 Å². The largest absolute Gasteiger partial charge is 0.383 e. The molecule has 3 nitrogen and oxygen atoms in total. The third kappa shape index (κ3) is 6.02. The molecule has 0 aromatic heterocycles. The van der Waals surface area contributed by atoms with Gasteiger partial charge >= 0.3 is 0 Å². The summed E-state index contributed by atoms with van der Waals surface area (Å²) in [4.78, 5) is 2.38. The Morgan fingerprint density at radius 2 is 2.00 bits per heavy atom. The van der Waals surface area contributed by atoms with Crippen LogP contribution in [0.2, 0.25) is 0 Å². The van der Waals surface area contributed by atoms with Gasteiger partial charge in [0.05, 0.1) is 6.61 Å². The number of ether oxygens (including phenoxy) is 1. The van der Waals surface area contributed by atoms with Crippen molar-refractivity contribution >= 4 is 0 Å². The second kappa shape index (κ2) is 7.30. The normalized spacial score (nSPS) is 16.2. The monoisotopic (exact) mass is 188 g/mol. The molecule has 0 fully saturated rings. The first kappa shape index (κ1) is 12.9. The van der Waals surface area contributed by atoms with Crippen LogP contribution in [0, 0.1) is 0 Å². The molecule has 0 heterocycles. The first-order valence-electron chi connectivity index (χ1n) is 5.10. The Hall–Kier alpha value is -0.120. The van der Waals surface area contributed by atoms with Crippen LogP contribution in [0.25, 0.3) is 0 Å². The molecule has 0 bridgehead atoms. The minimum Gasteiger partial charge on any atom is -0.383 e. The van der Waals surface area contributed by atoms with Crippen molar-refractivity contribution in [2.45, 2.75) is 39.3 Å². The molecule has 0 rings (SSSR count). The van der Waals surface area contributed by atoms with Gasteiger partial charge in [0.15, 0.2) is 0 Å². The minimum absolute atomic E-state index is 0.242. The van der Waals surface area contributed by atoms with Crippen molar-refractivity contribution < 1.29 is 4.74 Å². The van der Waals surface area contributed by atoms with Gasteiger partial charge in [0.1, 0.15) is 0 Å². The maximum absolute atomic E-state index is 5.78. The number of hydrogen-bond donors (Lipinski definition) is 1. The zero-order valence-corrected chi connectivity index (χ0v) is 9.42. The topological polar surface area (TPSA) is 38.5 Å². The van der Waals surface area contributed by atoms with Crippen molar-refractivity contribution in [2.24, 2.45) is 5.73 Å². The predicted molar refractivity (Wildman–Crippen MR) is 56.9 cm³/mol. The molecule has 2 N–H and O–H groups in total. The van der Waals surface area contributed by atoms with Crippen LogP contribution in [0.4, 0.5) is 0 Å². The molecule has 0 radical (unpaired) electrons. The van der Waals surface area contributed by atoms with E-state index in [0.29, 0.717) is 6.04 Å². The Morgan fingerprint density at radius 1 is 1.38 bits per heavy atom. The smallest absolute Gasteiger partial charge is 0.0589 e. The summed E-state index contributed by atoms with van der Waals surface area (Å²) in [5.74, 6) is 0. The van der Waals surface area contributed by atoms with E-state index in [2.05, 4.69) is 18.7 Å². The molecule has 0 aromatic rings. The summed E-state index contributed by atoms with van der Waals surface area (Å²) >= 11 is 0. The molecule has 2 atom stereocenters. The number of nitrogens with zero attached hydrogens (tertiary/aromatic N) is 1. The highest BCUT2D eigenvalue weighted by Crippen LogP contribution is 2.03. The Bertz CT molecular complexity index is 117. The Balaban J connectivity index is 3.87. The van der Waals surface area contributed by atoms with Gasteiger partial charge in [-0.1, -0.05) is 6.92 Å². The number of methoxy groups -OCH3 is 1. The van der Waals surface area contributed by atoms with Crippen molar-refractivity contribution in [3.8, 4) is 0 Å². The van der Waals surface area contributed by atoms with Crippen LogP contribution in [0.5, 0.6) is 0 Å². The van der Waals surface area contributed by atoms with Crippen molar-refractivity contribution in [3.05, 3.63) is 0 Å². The van der Waals surface area contributed by atoms with Gasteiger partial charge in [0.25, 0.3) is 0 Å². The van der Waals surface area contributed by atoms with Gasteiger partial charge < -0.3 is 10.5 Å². The molecule has 0 aliphatic rings. The minimum atomic E-state index is 0.242. The molecule has 13 heavy (non-hydrogen) atoms. The van der Waals surface area contributed by atoms with E-state index in [-0.39, 0.29) is 6.04 Å². The van der Waals surface area contributed by atoms with Gasteiger partial charge in [-0.25, -0.2) is 0 Å². The molecule has 0 amide bonds. The highest BCUT2D eigenvalue weighted by atomic mass is 16.5. The highest BCUT2D eigenvalue weighted by molar-refractivity contribution is 4.69. The summed E-state index contributed by atoms with van der Waals surface area (Å²) in [6.45, 7) is 9.20. The van der Waals surface area contributed by atoms with Crippen LogP contribution in [0.1, 0.15) is 27.2 Å². The lowest BCUT2D eigenvalue weighted by Gasteiger charge is -2.29. The summed E-state index contributed by atoms with van der Waals surface area (Å²) in [5, 5.41) is 0. The molecule has 0 saturated carbocycles. The molecule has 0 aliphatic heterocycles. The lowest BCUT2D eigenvalue weighted by Crippen LogP contribution is -2.42. The first-order chi connectivity index (χ1) is 6.11. The maximum atomic E-state index is 5.78. The fourth-order valence-corrected chi connectivity index (χ4v) is 1.33. The zero-order chi connectivity index (χ0) is 10.3. The Kier molecular flexibility index (Phi) is 7.23. The summed E-state index contributed by atoms with van der Waals surface area (Å²) < 4.78 is 5.07. The van der Waals surface area contributed by atoms with Gasteiger partial charge in [0, 0.05) is 32.3 Å². The second-order valence-electron chi connectivity index (χ2n) is 3.72. The Labute approximate surface area is 82.2 Å². The first-order valence-corrected chi connectivity index (χ1v) is 5.10. The standard InChI is InChI=1S/C10H24N2O/c1-5-10(3)12(6-7-13-4)8-9(2)11/h9-10H,5-8,11H2,1-4H3/t9-,10?/m0/s1. The van der Waals surface area contributed by atoms with Gasteiger partial charge in [-0.05, 0) is 20.3 Å². The lowest BCUT2D eigenvalue weighted by atomic mass is 10.2. The van der Waals surface area contributed by atoms with Crippen LogP contribution >= 0.6 is 0 Å². The SMILES string of the molecule is CCC(C)N(CCOC)C[C@H](C)N. The summed E-state index contributed by atoms with van der Waals surface area (Å²) in [5.41, 5.74) is 5.78. The molecule has 1 unspecified atom stereocenters. The van der Waals surface area contributed by atoms with Crippen LogP contribution in [0.3, 0.4) is 0 Å². The number of nitrogens with two attached hydrogens (primary N) is 1. The van der Waals surface area contributed by atoms with E-state index in [4.69, 9.17) is 10.5 Å². The van der Waals surface area contributed by atoms with Crippen molar-refractivity contribution in [3.63, 3.8) is 0 Å². The summed E-state index contributed by atoms with van der Waals surface area (Å²) in [7, 11) is 1.74. The van der Waals surface area contributed by atoms with E-state index in [9.17, 15) is 0 Å². The van der Waals surface area contributed by atoms with Gasteiger partial charge in [0.2, 0.25) is 0 Å². The number of rotatable bonds is 7. The average molecular weight is 188 g/mol. The molecule has 0 saturated heterocycles. The predicted octanol–water partition coefficient (Wildman–Crippen LogP) is 1.08. The molecule has 0 spiro atoms. The lowest BCUT2D eigenvalue weighted by molar-refractivity contribution is 0.119. The van der Waals surface area contributed by atoms with Gasteiger partial charge in [-0.3, -0.25) is 4.90 Å². The van der Waals surface area contributed by atoms with E-state index in [1.807, 2.05) is 6.92 Å². The van der Waals surface area contributed by atoms with Crippen molar-refractivity contribution in [2.75, 3.05) is 26.8 Å². The molecular formula is C10H24N2O. The molecular weight excluding hydrogens is 164 g/mol. The average Bonchev–Trinajstić information content (AvgIpc) is 2.10. The third-order valence-corrected chi connectivity index (χ3v) is 2.32.